The highest BCUT2D eigenvalue weighted by Gasteiger charge is 2.13. The molecule has 110 valence electrons. The van der Waals surface area contributed by atoms with Crippen LogP contribution in [0.25, 0.3) is 0 Å². The monoisotopic (exact) mass is 282 g/mol. The van der Waals surface area contributed by atoms with Crippen LogP contribution in [0.5, 0.6) is 0 Å². The number of rotatable bonds is 4. The molecule has 0 fully saturated rings. The van der Waals surface area contributed by atoms with Crippen molar-refractivity contribution < 1.29 is 4.79 Å². The van der Waals surface area contributed by atoms with Crippen molar-refractivity contribution in [1.29, 1.82) is 0 Å². The third kappa shape index (κ3) is 3.92. The van der Waals surface area contributed by atoms with Crippen LogP contribution < -0.4 is 11.1 Å². The van der Waals surface area contributed by atoms with E-state index in [2.05, 4.69) is 24.4 Å². The number of hydrogen-bond acceptors (Lipinski definition) is 2. The summed E-state index contributed by atoms with van der Waals surface area (Å²) in [6.07, 6.45) is 0.275. The van der Waals surface area contributed by atoms with Gasteiger partial charge >= 0.3 is 0 Å². The molecule has 0 bridgehead atoms. The minimum absolute atomic E-state index is 0.0543. The maximum atomic E-state index is 12.2. The molecule has 1 unspecified atom stereocenters. The van der Waals surface area contributed by atoms with Gasteiger partial charge in [-0.2, -0.15) is 0 Å². The zero-order valence-electron chi connectivity index (χ0n) is 12.8. The average molecular weight is 282 g/mol. The van der Waals surface area contributed by atoms with Crippen molar-refractivity contribution >= 4 is 11.6 Å². The van der Waals surface area contributed by atoms with E-state index in [0.717, 1.165) is 22.4 Å². The number of nitrogens with one attached hydrogen (secondary N) is 1. The molecule has 0 aliphatic rings. The molecular weight excluding hydrogens is 260 g/mol. The lowest BCUT2D eigenvalue weighted by Gasteiger charge is -2.15. The maximum absolute atomic E-state index is 12.2. The van der Waals surface area contributed by atoms with Crippen molar-refractivity contribution in [1.82, 2.24) is 0 Å². The molecule has 0 aliphatic heterocycles. The first kappa shape index (κ1) is 15.3. The van der Waals surface area contributed by atoms with Crippen LogP contribution in [0, 0.1) is 20.8 Å². The van der Waals surface area contributed by atoms with Crippen molar-refractivity contribution in [2.24, 2.45) is 5.73 Å². The quantitative estimate of drug-likeness (QED) is 0.899. The van der Waals surface area contributed by atoms with Gasteiger partial charge in [-0.15, -0.1) is 0 Å². The normalized spacial score (nSPS) is 12.0. The Morgan fingerprint density at radius 2 is 1.67 bits per heavy atom. The predicted octanol–water partition coefficient (Wildman–Crippen LogP) is 3.64. The number of anilines is 1. The summed E-state index contributed by atoms with van der Waals surface area (Å²) in [5, 5.41) is 2.99. The molecule has 0 spiro atoms. The first-order valence-corrected chi connectivity index (χ1v) is 7.15. The molecule has 0 saturated heterocycles. The minimum Gasteiger partial charge on any atom is -0.326 e. The van der Waals surface area contributed by atoms with E-state index in [0.29, 0.717) is 0 Å². The van der Waals surface area contributed by atoms with Gasteiger partial charge in [0.2, 0.25) is 5.91 Å². The van der Waals surface area contributed by atoms with Gasteiger partial charge in [0.25, 0.3) is 0 Å². The SMILES string of the molecule is Cc1cc(C)c(NC(=O)CC(N)c2ccccc2)c(C)c1. The van der Waals surface area contributed by atoms with E-state index in [9.17, 15) is 4.79 Å². The molecule has 1 amide bonds. The van der Waals surface area contributed by atoms with Crippen molar-refractivity contribution in [3.05, 3.63) is 64.7 Å². The Kier molecular flexibility index (Phi) is 4.76. The van der Waals surface area contributed by atoms with E-state index >= 15 is 0 Å². The van der Waals surface area contributed by atoms with Crippen LogP contribution in [0.4, 0.5) is 5.69 Å². The van der Waals surface area contributed by atoms with Gasteiger partial charge in [0.1, 0.15) is 0 Å². The number of carbonyl (C=O) groups excluding carboxylic acids is 1. The summed E-state index contributed by atoms with van der Waals surface area (Å²) in [6.45, 7) is 6.07. The molecule has 3 nitrogen and oxygen atoms in total. The lowest BCUT2D eigenvalue weighted by molar-refractivity contribution is -0.116. The fourth-order valence-corrected chi connectivity index (χ4v) is 2.59. The summed E-state index contributed by atoms with van der Waals surface area (Å²) in [5.74, 6) is -0.0543. The summed E-state index contributed by atoms with van der Waals surface area (Å²) < 4.78 is 0. The van der Waals surface area contributed by atoms with Crippen LogP contribution in [0.1, 0.15) is 34.7 Å². The van der Waals surface area contributed by atoms with Crippen LogP contribution in [0.15, 0.2) is 42.5 Å². The van der Waals surface area contributed by atoms with E-state index in [-0.39, 0.29) is 18.4 Å². The Balaban J connectivity index is 2.06. The lowest BCUT2D eigenvalue weighted by Crippen LogP contribution is -2.21. The number of carbonyl (C=O) groups is 1. The number of hydrogen-bond donors (Lipinski definition) is 2. The summed E-state index contributed by atoms with van der Waals surface area (Å²) in [5.41, 5.74) is 11.3. The lowest BCUT2D eigenvalue weighted by atomic mass is 10.0. The molecule has 3 heteroatoms. The third-order valence-corrected chi connectivity index (χ3v) is 3.57. The van der Waals surface area contributed by atoms with Gasteiger partial charge in [-0.05, 0) is 37.5 Å². The zero-order chi connectivity index (χ0) is 15.4. The smallest absolute Gasteiger partial charge is 0.226 e. The van der Waals surface area contributed by atoms with Gasteiger partial charge in [0.15, 0.2) is 0 Å². The van der Waals surface area contributed by atoms with Crippen LogP contribution >= 0.6 is 0 Å². The Morgan fingerprint density at radius 1 is 1.10 bits per heavy atom. The van der Waals surface area contributed by atoms with Gasteiger partial charge in [-0.1, -0.05) is 48.0 Å². The number of benzene rings is 2. The van der Waals surface area contributed by atoms with Crippen LogP contribution in [0.2, 0.25) is 0 Å². The Morgan fingerprint density at radius 3 is 2.24 bits per heavy atom. The van der Waals surface area contributed by atoms with Gasteiger partial charge in [0.05, 0.1) is 0 Å². The molecule has 2 rings (SSSR count). The second kappa shape index (κ2) is 6.55. The molecule has 0 heterocycles. The maximum Gasteiger partial charge on any atom is 0.226 e. The third-order valence-electron chi connectivity index (χ3n) is 3.57. The molecule has 2 aromatic rings. The van der Waals surface area contributed by atoms with E-state index in [1.807, 2.05) is 44.2 Å². The molecule has 21 heavy (non-hydrogen) atoms. The summed E-state index contributed by atoms with van der Waals surface area (Å²) in [4.78, 5) is 12.2. The topological polar surface area (TPSA) is 55.1 Å². The fraction of sp³-hybridized carbons (Fsp3) is 0.278. The minimum atomic E-state index is -0.280. The average Bonchev–Trinajstić information content (AvgIpc) is 2.43. The Bertz CT molecular complexity index is 612. The molecule has 0 aliphatic carbocycles. The van der Waals surface area contributed by atoms with Crippen LogP contribution in [-0.4, -0.2) is 5.91 Å². The van der Waals surface area contributed by atoms with Crippen molar-refractivity contribution in [2.75, 3.05) is 5.32 Å². The largest absolute Gasteiger partial charge is 0.326 e. The fourth-order valence-electron chi connectivity index (χ4n) is 2.59. The van der Waals surface area contributed by atoms with Crippen molar-refractivity contribution in [3.63, 3.8) is 0 Å². The predicted molar refractivity (Wildman–Crippen MR) is 87.3 cm³/mol. The molecular formula is C18H22N2O. The highest BCUT2D eigenvalue weighted by atomic mass is 16.1. The van der Waals surface area contributed by atoms with Gasteiger partial charge in [-0.25, -0.2) is 0 Å². The zero-order valence-corrected chi connectivity index (χ0v) is 12.8. The second-order valence-corrected chi connectivity index (χ2v) is 5.54. The summed E-state index contributed by atoms with van der Waals surface area (Å²) in [7, 11) is 0. The molecule has 3 N–H and O–H groups in total. The van der Waals surface area contributed by atoms with E-state index in [4.69, 9.17) is 5.73 Å². The molecule has 0 radical (unpaired) electrons. The van der Waals surface area contributed by atoms with Gasteiger partial charge < -0.3 is 11.1 Å². The Hall–Kier alpha value is -2.13. The molecule has 0 saturated carbocycles. The summed E-state index contributed by atoms with van der Waals surface area (Å²) >= 11 is 0. The molecule has 1 atom stereocenters. The Labute approximate surface area is 126 Å². The van der Waals surface area contributed by atoms with Crippen molar-refractivity contribution in [2.45, 2.75) is 33.2 Å². The first-order chi connectivity index (χ1) is 9.97. The number of nitrogens with two attached hydrogens (primary N) is 1. The highest BCUT2D eigenvalue weighted by molar-refractivity contribution is 5.92. The number of aryl methyl sites for hydroxylation is 3. The van der Waals surface area contributed by atoms with Gasteiger partial charge in [-0.3, -0.25) is 4.79 Å². The van der Waals surface area contributed by atoms with E-state index in [1.165, 1.54) is 5.56 Å². The van der Waals surface area contributed by atoms with Crippen molar-refractivity contribution in [3.8, 4) is 0 Å². The summed E-state index contributed by atoms with van der Waals surface area (Å²) in [6, 6.07) is 13.6. The number of amides is 1. The highest BCUT2D eigenvalue weighted by Crippen LogP contribution is 2.23. The van der Waals surface area contributed by atoms with E-state index < -0.39 is 0 Å². The molecule has 2 aromatic carbocycles. The van der Waals surface area contributed by atoms with Crippen LogP contribution in [-0.2, 0) is 4.79 Å². The standard InChI is InChI=1S/C18H22N2O/c1-12-9-13(2)18(14(3)10-12)20-17(21)11-16(19)15-7-5-4-6-8-15/h4-10,16H,11,19H2,1-3H3,(H,20,21). The van der Waals surface area contributed by atoms with Crippen LogP contribution in [0.3, 0.4) is 0 Å². The first-order valence-electron chi connectivity index (χ1n) is 7.15. The molecule has 0 aromatic heterocycles. The van der Waals surface area contributed by atoms with E-state index in [1.54, 1.807) is 0 Å². The second-order valence-electron chi connectivity index (χ2n) is 5.54. The van der Waals surface area contributed by atoms with Gasteiger partial charge in [0, 0.05) is 18.2 Å².